The first-order chi connectivity index (χ1) is 9.31. The first-order valence-electron chi connectivity index (χ1n) is 6.63. The lowest BCUT2D eigenvalue weighted by Gasteiger charge is -2.24. The van der Waals surface area contributed by atoms with Crippen molar-refractivity contribution in [1.82, 2.24) is 5.32 Å². The summed E-state index contributed by atoms with van der Waals surface area (Å²) in [5.41, 5.74) is 2.45. The lowest BCUT2D eigenvalue weighted by Crippen LogP contribution is -2.38. The van der Waals surface area contributed by atoms with Crippen molar-refractivity contribution >= 4 is 28.6 Å². The fourth-order valence-corrected chi connectivity index (χ4v) is 3.37. The Labute approximate surface area is 122 Å². The molecule has 3 rings (SSSR count). The van der Waals surface area contributed by atoms with Crippen molar-refractivity contribution in [2.45, 2.75) is 18.9 Å². The van der Waals surface area contributed by atoms with Crippen LogP contribution < -0.4 is 10.6 Å². The minimum Gasteiger partial charge on any atom is -0.380 e. The summed E-state index contributed by atoms with van der Waals surface area (Å²) in [6.45, 7) is 2.21. The Morgan fingerprint density at radius 1 is 1.26 bits per heavy atom. The molecule has 1 aliphatic rings. The molecule has 1 fully saturated rings. The molecular formula is C15H17ClN2S. The standard InChI is InChI=1S/C15H17ClN2S/c16-12-5-3-11(4-6-12)15-8-14(10-19-15)18-13-2-1-7-17-9-13/h3-6,8,10,13,17-18H,1-2,7,9H2. The molecule has 2 nitrogen and oxygen atoms in total. The van der Waals surface area contributed by atoms with E-state index in [4.69, 9.17) is 11.6 Å². The van der Waals surface area contributed by atoms with Crippen LogP contribution in [-0.2, 0) is 0 Å². The summed E-state index contributed by atoms with van der Waals surface area (Å²) in [6.07, 6.45) is 2.50. The number of anilines is 1. The van der Waals surface area contributed by atoms with Gasteiger partial charge in [-0.1, -0.05) is 23.7 Å². The lowest BCUT2D eigenvalue weighted by atomic mass is 10.1. The molecular weight excluding hydrogens is 276 g/mol. The average Bonchev–Trinajstić information content (AvgIpc) is 2.89. The summed E-state index contributed by atoms with van der Waals surface area (Å²) >= 11 is 7.69. The molecule has 1 saturated heterocycles. The topological polar surface area (TPSA) is 24.1 Å². The number of halogens is 1. The smallest absolute Gasteiger partial charge is 0.0457 e. The molecule has 4 heteroatoms. The molecule has 1 aliphatic heterocycles. The molecule has 0 aliphatic carbocycles. The quantitative estimate of drug-likeness (QED) is 0.884. The number of thiophene rings is 1. The summed E-state index contributed by atoms with van der Waals surface area (Å²) in [5, 5.41) is 10.0. The molecule has 1 aromatic carbocycles. The van der Waals surface area contributed by atoms with Crippen LogP contribution in [0.4, 0.5) is 5.69 Å². The average molecular weight is 293 g/mol. The highest BCUT2D eigenvalue weighted by Gasteiger charge is 2.13. The van der Waals surface area contributed by atoms with Gasteiger partial charge in [0.15, 0.2) is 0 Å². The highest BCUT2D eigenvalue weighted by molar-refractivity contribution is 7.14. The van der Waals surface area contributed by atoms with Gasteiger partial charge in [-0.2, -0.15) is 0 Å². The van der Waals surface area contributed by atoms with E-state index >= 15 is 0 Å². The number of hydrogen-bond donors (Lipinski definition) is 2. The van der Waals surface area contributed by atoms with Crippen molar-refractivity contribution in [2.75, 3.05) is 18.4 Å². The van der Waals surface area contributed by atoms with Crippen LogP contribution in [0.1, 0.15) is 12.8 Å². The van der Waals surface area contributed by atoms with Gasteiger partial charge in [-0.3, -0.25) is 0 Å². The lowest BCUT2D eigenvalue weighted by molar-refractivity contribution is 0.480. The van der Waals surface area contributed by atoms with Gasteiger partial charge in [-0.05, 0) is 43.1 Å². The van der Waals surface area contributed by atoms with E-state index in [0.717, 1.165) is 18.1 Å². The summed E-state index contributed by atoms with van der Waals surface area (Å²) in [7, 11) is 0. The van der Waals surface area contributed by atoms with Crippen LogP contribution in [0.3, 0.4) is 0 Å². The van der Waals surface area contributed by atoms with E-state index in [9.17, 15) is 0 Å². The number of piperidine rings is 1. The third-order valence-electron chi connectivity index (χ3n) is 3.40. The summed E-state index contributed by atoms with van der Waals surface area (Å²) in [6, 6.07) is 10.8. The SMILES string of the molecule is Clc1ccc(-c2cc(NC3CCCNC3)cs2)cc1. The number of rotatable bonds is 3. The van der Waals surface area contributed by atoms with Crippen molar-refractivity contribution in [3.8, 4) is 10.4 Å². The molecule has 2 aromatic rings. The van der Waals surface area contributed by atoms with Crippen molar-refractivity contribution in [3.05, 3.63) is 40.7 Å². The van der Waals surface area contributed by atoms with Crippen LogP contribution >= 0.6 is 22.9 Å². The van der Waals surface area contributed by atoms with E-state index in [-0.39, 0.29) is 0 Å². The maximum atomic E-state index is 5.92. The second-order valence-electron chi connectivity index (χ2n) is 4.89. The Balaban J connectivity index is 1.70. The van der Waals surface area contributed by atoms with E-state index in [1.165, 1.54) is 29.0 Å². The largest absolute Gasteiger partial charge is 0.380 e. The fourth-order valence-electron chi connectivity index (χ4n) is 2.39. The van der Waals surface area contributed by atoms with E-state index in [1.807, 2.05) is 12.1 Å². The predicted molar refractivity (Wildman–Crippen MR) is 84.3 cm³/mol. The van der Waals surface area contributed by atoms with Gasteiger partial charge in [0.2, 0.25) is 0 Å². The Hall–Kier alpha value is -1.03. The van der Waals surface area contributed by atoms with Crippen LogP contribution in [0.5, 0.6) is 0 Å². The number of benzene rings is 1. The molecule has 1 unspecified atom stereocenters. The van der Waals surface area contributed by atoms with Gasteiger partial charge in [-0.25, -0.2) is 0 Å². The third-order valence-corrected chi connectivity index (χ3v) is 4.63. The van der Waals surface area contributed by atoms with Crippen LogP contribution in [0.25, 0.3) is 10.4 Å². The van der Waals surface area contributed by atoms with E-state index in [0.29, 0.717) is 6.04 Å². The second kappa shape index (κ2) is 5.95. The van der Waals surface area contributed by atoms with Crippen LogP contribution in [-0.4, -0.2) is 19.1 Å². The van der Waals surface area contributed by atoms with E-state index in [1.54, 1.807) is 11.3 Å². The maximum Gasteiger partial charge on any atom is 0.0457 e. The van der Waals surface area contributed by atoms with Crippen LogP contribution in [0.2, 0.25) is 5.02 Å². The number of nitrogens with one attached hydrogen (secondary N) is 2. The monoisotopic (exact) mass is 292 g/mol. The van der Waals surface area contributed by atoms with Gasteiger partial charge in [0, 0.05) is 33.6 Å². The fraction of sp³-hybridized carbons (Fsp3) is 0.333. The Bertz CT molecular complexity index is 529. The minimum absolute atomic E-state index is 0.557. The molecule has 1 aromatic heterocycles. The predicted octanol–water partition coefficient (Wildman–Crippen LogP) is 4.23. The zero-order valence-corrected chi connectivity index (χ0v) is 12.2. The van der Waals surface area contributed by atoms with Crippen molar-refractivity contribution in [1.29, 1.82) is 0 Å². The van der Waals surface area contributed by atoms with Gasteiger partial charge in [0.1, 0.15) is 0 Å². The first-order valence-corrected chi connectivity index (χ1v) is 7.89. The Morgan fingerprint density at radius 2 is 2.11 bits per heavy atom. The molecule has 2 N–H and O–H groups in total. The summed E-state index contributed by atoms with van der Waals surface area (Å²) in [5.74, 6) is 0. The Morgan fingerprint density at radius 3 is 2.84 bits per heavy atom. The third kappa shape index (κ3) is 3.30. The van der Waals surface area contributed by atoms with Crippen molar-refractivity contribution < 1.29 is 0 Å². The molecule has 0 saturated carbocycles. The maximum absolute atomic E-state index is 5.92. The molecule has 2 heterocycles. The normalized spacial score (nSPS) is 19.3. The van der Waals surface area contributed by atoms with Gasteiger partial charge >= 0.3 is 0 Å². The molecule has 0 amide bonds. The molecule has 0 spiro atoms. The second-order valence-corrected chi connectivity index (χ2v) is 6.24. The van der Waals surface area contributed by atoms with Gasteiger partial charge in [0.05, 0.1) is 0 Å². The number of hydrogen-bond acceptors (Lipinski definition) is 3. The van der Waals surface area contributed by atoms with Gasteiger partial charge in [-0.15, -0.1) is 11.3 Å². The zero-order chi connectivity index (χ0) is 13.1. The van der Waals surface area contributed by atoms with Crippen LogP contribution in [0.15, 0.2) is 35.7 Å². The highest BCUT2D eigenvalue weighted by Crippen LogP contribution is 2.31. The Kier molecular flexibility index (Phi) is 4.06. The zero-order valence-electron chi connectivity index (χ0n) is 10.7. The highest BCUT2D eigenvalue weighted by atomic mass is 35.5. The van der Waals surface area contributed by atoms with E-state index < -0.39 is 0 Å². The minimum atomic E-state index is 0.557. The van der Waals surface area contributed by atoms with Crippen molar-refractivity contribution in [2.24, 2.45) is 0 Å². The van der Waals surface area contributed by atoms with Gasteiger partial charge < -0.3 is 10.6 Å². The first kappa shape index (κ1) is 13.0. The van der Waals surface area contributed by atoms with Gasteiger partial charge in [0.25, 0.3) is 0 Å². The van der Waals surface area contributed by atoms with Crippen molar-refractivity contribution in [3.63, 3.8) is 0 Å². The molecule has 1 atom stereocenters. The van der Waals surface area contributed by atoms with E-state index in [2.05, 4.69) is 34.2 Å². The summed E-state index contributed by atoms with van der Waals surface area (Å²) in [4.78, 5) is 1.28. The molecule has 0 radical (unpaired) electrons. The molecule has 19 heavy (non-hydrogen) atoms. The molecule has 0 bridgehead atoms. The summed E-state index contributed by atoms with van der Waals surface area (Å²) < 4.78 is 0. The molecule has 100 valence electrons. The van der Waals surface area contributed by atoms with Crippen LogP contribution in [0, 0.1) is 0 Å².